The van der Waals surface area contributed by atoms with Crippen LogP contribution in [0.4, 0.5) is 4.39 Å². The van der Waals surface area contributed by atoms with Crippen molar-refractivity contribution in [2.45, 2.75) is 6.04 Å². The minimum absolute atomic E-state index is 0.157. The first kappa shape index (κ1) is 16.8. The average Bonchev–Trinajstić information content (AvgIpc) is 3.12. The first-order chi connectivity index (χ1) is 13.1. The van der Waals surface area contributed by atoms with Crippen LogP contribution >= 0.6 is 0 Å². The number of para-hydroxylation sites is 2. The molecule has 0 saturated heterocycles. The van der Waals surface area contributed by atoms with Crippen molar-refractivity contribution < 1.29 is 9.18 Å². The Balaban J connectivity index is 1.71. The number of rotatable bonds is 4. The van der Waals surface area contributed by atoms with E-state index in [0.717, 1.165) is 0 Å². The molecular formula is C20H16FN5O. The molecule has 1 atom stereocenters. The molecule has 134 valence electrons. The van der Waals surface area contributed by atoms with Crippen LogP contribution in [-0.2, 0) is 7.05 Å². The Kier molecular flexibility index (Phi) is 4.33. The van der Waals surface area contributed by atoms with Crippen molar-refractivity contribution >= 4 is 16.9 Å². The molecule has 2 aromatic carbocycles. The summed E-state index contributed by atoms with van der Waals surface area (Å²) in [4.78, 5) is 25.7. The molecule has 27 heavy (non-hydrogen) atoms. The topological polar surface area (TPSA) is 72.7 Å². The van der Waals surface area contributed by atoms with E-state index in [4.69, 9.17) is 0 Å². The van der Waals surface area contributed by atoms with Crippen LogP contribution in [0.1, 0.15) is 27.9 Å². The lowest BCUT2D eigenvalue weighted by Gasteiger charge is -2.19. The fraction of sp³-hybridized carbons (Fsp3) is 0.100. The Hall–Kier alpha value is -3.61. The summed E-state index contributed by atoms with van der Waals surface area (Å²) in [6, 6.07) is 12.8. The largest absolute Gasteiger partial charge is 0.336 e. The number of halogens is 1. The summed E-state index contributed by atoms with van der Waals surface area (Å²) in [7, 11) is 1.79. The van der Waals surface area contributed by atoms with Gasteiger partial charge in [-0.25, -0.2) is 14.4 Å². The monoisotopic (exact) mass is 361 g/mol. The van der Waals surface area contributed by atoms with Crippen LogP contribution in [0.15, 0.2) is 67.1 Å². The van der Waals surface area contributed by atoms with E-state index in [0.29, 0.717) is 22.4 Å². The van der Waals surface area contributed by atoms with Crippen LogP contribution in [0, 0.1) is 5.82 Å². The number of imidazole rings is 1. The molecule has 4 aromatic rings. The van der Waals surface area contributed by atoms with Gasteiger partial charge in [-0.2, -0.15) is 0 Å². The summed E-state index contributed by atoms with van der Waals surface area (Å²) >= 11 is 0. The molecular weight excluding hydrogens is 345 g/mol. The number of hydrogen-bond donors (Lipinski definition) is 1. The highest BCUT2D eigenvalue weighted by Gasteiger charge is 2.24. The zero-order valence-corrected chi connectivity index (χ0v) is 14.5. The van der Waals surface area contributed by atoms with Gasteiger partial charge in [-0.3, -0.25) is 9.78 Å². The van der Waals surface area contributed by atoms with Gasteiger partial charge in [0.1, 0.15) is 23.4 Å². The number of hydrogen-bond acceptors (Lipinski definition) is 4. The van der Waals surface area contributed by atoms with Crippen LogP contribution in [0.3, 0.4) is 0 Å². The van der Waals surface area contributed by atoms with Gasteiger partial charge in [-0.1, -0.05) is 30.3 Å². The second-order valence-corrected chi connectivity index (χ2v) is 6.07. The predicted molar refractivity (Wildman–Crippen MR) is 98.5 cm³/mol. The van der Waals surface area contributed by atoms with Gasteiger partial charge in [0.25, 0.3) is 5.91 Å². The lowest BCUT2D eigenvalue weighted by Crippen LogP contribution is -2.32. The van der Waals surface area contributed by atoms with Gasteiger partial charge in [0.05, 0.1) is 17.2 Å². The number of aryl methyl sites for hydroxylation is 1. The zero-order valence-electron chi connectivity index (χ0n) is 14.5. The Labute approximate surface area is 154 Å². The molecule has 0 radical (unpaired) electrons. The van der Waals surface area contributed by atoms with E-state index in [1.807, 2.05) is 18.2 Å². The number of nitrogens with one attached hydrogen (secondary N) is 1. The number of benzene rings is 2. The maximum absolute atomic E-state index is 14.4. The summed E-state index contributed by atoms with van der Waals surface area (Å²) in [6.07, 6.45) is 4.75. The second-order valence-electron chi connectivity index (χ2n) is 6.07. The third-order valence-electron chi connectivity index (χ3n) is 4.29. The molecule has 0 fully saturated rings. The second kappa shape index (κ2) is 6.95. The van der Waals surface area contributed by atoms with Crippen molar-refractivity contribution in [1.29, 1.82) is 0 Å². The lowest BCUT2D eigenvalue weighted by atomic mass is 10.1. The van der Waals surface area contributed by atoms with E-state index >= 15 is 0 Å². The highest BCUT2D eigenvalue weighted by molar-refractivity contribution is 5.94. The van der Waals surface area contributed by atoms with Crippen LogP contribution in [0.25, 0.3) is 11.0 Å². The molecule has 0 unspecified atom stereocenters. The summed E-state index contributed by atoms with van der Waals surface area (Å²) in [5, 5.41) is 2.83. The fourth-order valence-electron chi connectivity index (χ4n) is 2.92. The molecule has 0 aliphatic carbocycles. The molecule has 0 aliphatic heterocycles. The van der Waals surface area contributed by atoms with Gasteiger partial charge in [0.15, 0.2) is 0 Å². The third-order valence-corrected chi connectivity index (χ3v) is 4.29. The Bertz CT molecular complexity index is 1120. The van der Waals surface area contributed by atoms with E-state index in [1.165, 1.54) is 12.3 Å². The maximum atomic E-state index is 14.4. The van der Waals surface area contributed by atoms with Crippen LogP contribution < -0.4 is 5.32 Å². The maximum Gasteiger partial charge on any atom is 0.272 e. The number of carbonyl (C=O) groups excluding carboxylic acids is 1. The number of fused-ring (bicyclic) bond motifs is 1. The standard InChI is InChI=1S/C20H16FN5O/c1-26-11-10-22-19(26)18(13-6-2-3-7-14(13)21)25-20(27)17-12-23-15-8-4-5-9-16(15)24-17/h2-12,18H,1H3,(H,25,27)/t18-/m1/s1. The van der Waals surface area contributed by atoms with E-state index in [-0.39, 0.29) is 5.69 Å². The minimum Gasteiger partial charge on any atom is -0.336 e. The van der Waals surface area contributed by atoms with Gasteiger partial charge in [-0.05, 0) is 18.2 Å². The van der Waals surface area contributed by atoms with Crippen LogP contribution in [-0.4, -0.2) is 25.4 Å². The van der Waals surface area contributed by atoms with E-state index in [1.54, 1.807) is 48.3 Å². The van der Waals surface area contributed by atoms with Crippen molar-refractivity contribution in [3.63, 3.8) is 0 Å². The van der Waals surface area contributed by atoms with Gasteiger partial charge in [0.2, 0.25) is 0 Å². The summed E-state index contributed by atoms with van der Waals surface area (Å²) in [5.74, 6) is -0.359. The van der Waals surface area contributed by atoms with Crippen molar-refractivity contribution in [3.05, 3.63) is 90.0 Å². The van der Waals surface area contributed by atoms with Gasteiger partial charge >= 0.3 is 0 Å². The molecule has 4 rings (SSSR count). The number of carbonyl (C=O) groups is 1. The first-order valence-corrected chi connectivity index (χ1v) is 8.38. The summed E-state index contributed by atoms with van der Waals surface area (Å²) < 4.78 is 16.1. The smallest absolute Gasteiger partial charge is 0.272 e. The van der Waals surface area contributed by atoms with Gasteiger partial charge < -0.3 is 9.88 Å². The van der Waals surface area contributed by atoms with Crippen molar-refractivity contribution in [2.75, 3.05) is 0 Å². The molecule has 2 aromatic heterocycles. The van der Waals surface area contributed by atoms with Crippen LogP contribution in [0.5, 0.6) is 0 Å². The molecule has 0 bridgehead atoms. The zero-order chi connectivity index (χ0) is 18.8. The quantitative estimate of drug-likeness (QED) is 0.606. The summed E-state index contributed by atoms with van der Waals surface area (Å²) in [5.41, 5.74) is 1.80. The van der Waals surface area contributed by atoms with Crippen molar-refractivity contribution in [3.8, 4) is 0 Å². The molecule has 0 saturated carbocycles. The molecule has 1 N–H and O–H groups in total. The molecule has 7 heteroatoms. The Morgan fingerprint density at radius 3 is 2.56 bits per heavy atom. The van der Waals surface area contributed by atoms with Gasteiger partial charge in [-0.15, -0.1) is 0 Å². The number of amides is 1. The van der Waals surface area contributed by atoms with Crippen molar-refractivity contribution in [1.82, 2.24) is 24.8 Å². The third kappa shape index (κ3) is 3.27. The number of nitrogens with zero attached hydrogens (tertiary/aromatic N) is 4. The Morgan fingerprint density at radius 2 is 1.81 bits per heavy atom. The average molecular weight is 361 g/mol. The molecule has 6 nitrogen and oxygen atoms in total. The fourth-order valence-corrected chi connectivity index (χ4v) is 2.92. The van der Waals surface area contributed by atoms with E-state index in [9.17, 15) is 9.18 Å². The van der Waals surface area contributed by atoms with E-state index < -0.39 is 17.8 Å². The minimum atomic E-state index is -0.757. The Morgan fingerprint density at radius 1 is 1.07 bits per heavy atom. The normalized spacial score (nSPS) is 12.1. The SMILES string of the molecule is Cn1ccnc1[C@H](NC(=O)c1cnc2ccccc2n1)c1ccccc1F. The summed E-state index contributed by atoms with van der Waals surface area (Å²) in [6.45, 7) is 0. The molecule has 1 amide bonds. The molecule has 2 heterocycles. The predicted octanol–water partition coefficient (Wildman–Crippen LogP) is 3.02. The highest BCUT2D eigenvalue weighted by Crippen LogP contribution is 2.23. The first-order valence-electron chi connectivity index (χ1n) is 8.38. The molecule has 0 spiro atoms. The van der Waals surface area contributed by atoms with E-state index in [2.05, 4.69) is 20.3 Å². The molecule has 0 aliphatic rings. The van der Waals surface area contributed by atoms with Crippen LogP contribution in [0.2, 0.25) is 0 Å². The van der Waals surface area contributed by atoms with Gasteiger partial charge in [0, 0.05) is 25.0 Å². The number of aromatic nitrogens is 4. The highest BCUT2D eigenvalue weighted by atomic mass is 19.1. The van der Waals surface area contributed by atoms with Crippen molar-refractivity contribution in [2.24, 2.45) is 7.05 Å². The lowest BCUT2D eigenvalue weighted by molar-refractivity contribution is 0.0935.